The summed E-state index contributed by atoms with van der Waals surface area (Å²) in [7, 11) is 1.54. The number of carboxylic acid groups (broad SMARTS) is 1. The van der Waals surface area contributed by atoms with Gasteiger partial charge in [0.2, 0.25) is 5.95 Å². The molecule has 0 radical (unpaired) electrons. The van der Waals surface area contributed by atoms with Gasteiger partial charge in [-0.1, -0.05) is 37.1 Å². The summed E-state index contributed by atoms with van der Waals surface area (Å²) in [6.45, 7) is 7.46. The number of carbonyl (C=O) groups is 1. The molecule has 1 unspecified atom stereocenters. The number of nitrogens with one attached hydrogen (secondary N) is 1. The highest BCUT2D eigenvalue weighted by Gasteiger charge is 2.38. The van der Waals surface area contributed by atoms with Crippen LogP contribution in [0.4, 0.5) is 19.1 Å². The Morgan fingerprint density at radius 2 is 1.89 bits per heavy atom. The van der Waals surface area contributed by atoms with E-state index in [9.17, 15) is 22.8 Å². The van der Waals surface area contributed by atoms with Gasteiger partial charge in [-0.15, -0.1) is 5.92 Å². The maximum Gasteiger partial charge on any atom is 0.490 e. The molecule has 0 amide bonds. The van der Waals surface area contributed by atoms with Gasteiger partial charge in [-0.3, -0.25) is 18.5 Å². The molecule has 37 heavy (non-hydrogen) atoms. The van der Waals surface area contributed by atoms with Crippen LogP contribution >= 0.6 is 0 Å². The first-order valence-corrected chi connectivity index (χ1v) is 11.7. The van der Waals surface area contributed by atoms with Crippen LogP contribution in [0.1, 0.15) is 26.7 Å². The van der Waals surface area contributed by atoms with Crippen LogP contribution in [0.5, 0.6) is 0 Å². The van der Waals surface area contributed by atoms with E-state index in [1.165, 1.54) is 4.57 Å². The number of nitrogens with zero attached hydrogens (tertiary/aromatic N) is 5. The maximum absolute atomic E-state index is 13.3. The van der Waals surface area contributed by atoms with E-state index >= 15 is 0 Å². The Labute approximate surface area is 210 Å². The first-order valence-electron chi connectivity index (χ1n) is 11.7. The van der Waals surface area contributed by atoms with Crippen LogP contribution in [0.25, 0.3) is 11.2 Å². The molecule has 2 aliphatic rings. The van der Waals surface area contributed by atoms with Gasteiger partial charge in [0.1, 0.15) is 0 Å². The first kappa shape index (κ1) is 27.8. The van der Waals surface area contributed by atoms with Gasteiger partial charge in [-0.05, 0) is 19.8 Å². The van der Waals surface area contributed by atoms with Gasteiger partial charge < -0.3 is 15.3 Å². The van der Waals surface area contributed by atoms with Gasteiger partial charge in [-0.25, -0.2) is 9.59 Å². The number of anilines is 1. The molecule has 2 N–H and O–H groups in total. The molecular formula is C24H29F3N6O4. The number of fused-ring (bicyclic) bond motifs is 1. The molecule has 1 aliphatic carbocycles. The third kappa shape index (κ3) is 5.48. The summed E-state index contributed by atoms with van der Waals surface area (Å²) in [5, 5.41) is 10.5. The van der Waals surface area contributed by atoms with E-state index in [1.54, 1.807) is 18.5 Å². The minimum atomic E-state index is -5.08. The SMILES string of the molecule is CC#CCn1c(N2CCNCC2)nc2c1c(=O)n(C)c(=O)n2C1(CC)C=CC=CC1.O=C(O)C(F)(F)F. The second-order valence-electron chi connectivity index (χ2n) is 8.57. The third-order valence-corrected chi connectivity index (χ3v) is 6.37. The van der Waals surface area contributed by atoms with Gasteiger partial charge in [0, 0.05) is 33.2 Å². The highest BCUT2D eigenvalue weighted by molar-refractivity contribution is 5.75. The van der Waals surface area contributed by atoms with Gasteiger partial charge in [-0.2, -0.15) is 18.2 Å². The monoisotopic (exact) mass is 522 g/mol. The van der Waals surface area contributed by atoms with Crippen molar-refractivity contribution in [3.8, 4) is 11.8 Å². The van der Waals surface area contributed by atoms with E-state index in [-0.39, 0.29) is 11.2 Å². The number of aliphatic carboxylic acids is 1. The summed E-state index contributed by atoms with van der Waals surface area (Å²) in [4.78, 5) is 42.5. The zero-order chi connectivity index (χ0) is 27.4. The average Bonchev–Trinajstić information content (AvgIpc) is 3.26. The molecule has 1 fully saturated rings. The van der Waals surface area contributed by atoms with Crippen LogP contribution < -0.4 is 21.5 Å². The summed E-state index contributed by atoms with van der Waals surface area (Å²) >= 11 is 0. The van der Waals surface area contributed by atoms with Crippen molar-refractivity contribution in [1.29, 1.82) is 0 Å². The van der Waals surface area contributed by atoms with Gasteiger partial charge in [0.05, 0.1) is 12.1 Å². The number of alkyl halides is 3. The molecule has 10 nitrogen and oxygen atoms in total. The third-order valence-electron chi connectivity index (χ3n) is 6.37. The highest BCUT2D eigenvalue weighted by atomic mass is 19.4. The Bertz CT molecular complexity index is 1400. The molecule has 2 aromatic heterocycles. The highest BCUT2D eigenvalue weighted by Crippen LogP contribution is 2.32. The Kier molecular flexibility index (Phi) is 8.32. The number of aromatic nitrogens is 4. The summed E-state index contributed by atoms with van der Waals surface area (Å²) in [5.41, 5.74) is -0.348. The lowest BCUT2D eigenvalue weighted by Crippen LogP contribution is -2.47. The zero-order valence-electron chi connectivity index (χ0n) is 20.8. The van der Waals surface area contributed by atoms with Crippen molar-refractivity contribution in [3.63, 3.8) is 0 Å². The Morgan fingerprint density at radius 3 is 2.41 bits per heavy atom. The van der Waals surface area contributed by atoms with Crippen molar-refractivity contribution in [2.24, 2.45) is 7.05 Å². The van der Waals surface area contributed by atoms with Gasteiger partial charge in [0.25, 0.3) is 5.56 Å². The van der Waals surface area contributed by atoms with Crippen LogP contribution in [0, 0.1) is 11.8 Å². The van der Waals surface area contributed by atoms with Crippen molar-refractivity contribution >= 4 is 23.1 Å². The fourth-order valence-corrected chi connectivity index (χ4v) is 4.34. The molecule has 0 bridgehead atoms. The predicted octanol–water partition coefficient (Wildman–Crippen LogP) is 1.58. The van der Waals surface area contributed by atoms with E-state index in [1.807, 2.05) is 22.8 Å². The summed E-state index contributed by atoms with van der Waals surface area (Å²) in [6.07, 6.45) is 4.37. The molecule has 3 heterocycles. The van der Waals surface area contributed by atoms with Crippen LogP contribution in [0.3, 0.4) is 0 Å². The van der Waals surface area contributed by atoms with Gasteiger partial charge in [0.15, 0.2) is 11.2 Å². The van der Waals surface area contributed by atoms with Crippen LogP contribution in [0.2, 0.25) is 0 Å². The molecule has 200 valence electrons. The van der Waals surface area contributed by atoms with Crippen molar-refractivity contribution in [2.45, 2.75) is 44.9 Å². The van der Waals surface area contributed by atoms with E-state index in [0.717, 1.165) is 26.2 Å². The molecule has 4 rings (SSSR count). The van der Waals surface area contributed by atoms with Crippen LogP contribution in [0.15, 0.2) is 33.9 Å². The zero-order valence-corrected chi connectivity index (χ0v) is 20.8. The van der Waals surface area contributed by atoms with Gasteiger partial charge >= 0.3 is 17.8 Å². The van der Waals surface area contributed by atoms with Crippen molar-refractivity contribution in [2.75, 3.05) is 31.1 Å². The van der Waals surface area contributed by atoms with E-state index < -0.39 is 17.7 Å². The predicted molar refractivity (Wildman–Crippen MR) is 133 cm³/mol. The standard InChI is InChI=1S/C22H28N6O2.C2HF3O2/c1-4-6-14-27-17-18(24-20(27)26-15-12-23-13-16-26)28(21(30)25(3)19(17)29)22(5-2)10-8-7-9-11-22;3-2(4,5)1(6)7/h7-10,23H,5,11-16H2,1-3H3;(H,6,7). The lowest BCUT2D eigenvalue weighted by molar-refractivity contribution is -0.192. The molecule has 0 saturated carbocycles. The van der Waals surface area contributed by atoms with E-state index in [2.05, 4.69) is 35.1 Å². The number of piperazine rings is 1. The second-order valence-corrected chi connectivity index (χ2v) is 8.57. The number of hydrogen-bond donors (Lipinski definition) is 2. The fourth-order valence-electron chi connectivity index (χ4n) is 4.34. The summed E-state index contributed by atoms with van der Waals surface area (Å²) < 4.78 is 36.5. The Balaban J connectivity index is 0.000000479. The number of carboxylic acids is 1. The quantitative estimate of drug-likeness (QED) is 0.586. The lowest BCUT2D eigenvalue weighted by atomic mass is 9.88. The number of allylic oxidation sites excluding steroid dienone is 4. The lowest BCUT2D eigenvalue weighted by Gasteiger charge is -2.32. The summed E-state index contributed by atoms with van der Waals surface area (Å²) in [6, 6.07) is 0. The molecule has 1 saturated heterocycles. The minimum absolute atomic E-state index is 0.334. The average molecular weight is 523 g/mol. The fraction of sp³-hybridized carbons (Fsp3) is 0.500. The first-order chi connectivity index (χ1) is 17.5. The molecule has 13 heteroatoms. The van der Waals surface area contributed by atoms with Crippen molar-refractivity contribution in [3.05, 3.63) is 45.1 Å². The molecular weight excluding hydrogens is 493 g/mol. The van der Waals surface area contributed by atoms with Crippen molar-refractivity contribution in [1.82, 2.24) is 24.0 Å². The largest absolute Gasteiger partial charge is 0.490 e. The Hall–Kier alpha value is -3.79. The Morgan fingerprint density at radius 1 is 1.24 bits per heavy atom. The number of hydrogen-bond acceptors (Lipinski definition) is 6. The molecule has 0 aromatic carbocycles. The van der Waals surface area contributed by atoms with Crippen molar-refractivity contribution < 1.29 is 23.1 Å². The minimum Gasteiger partial charge on any atom is -0.475 e. The maximum atomic E-state index is 13.3. The molecule has 2 aromatic rings. The number of imidazole rings is 1. The molecule has 1 atom stereocenters. The normalized spacial score (nSPS) is 19.2. The molecule has 0 spiro atoms. The van der Waals surface area contributed by atoms with E-state index in [0.29, 0.717) is 36.5 Å². The van der Waals surface area contributed by atoms with E-state index in [4.69, 9.17) is 14.9 Å². The molecule has 1 aliphatic heterocycles. The topological polar surface area (TPSA) is 114 Å². The number of rotatable bonds is 4. The second kappa shape index (κ2) is 11.1. The number of halogens is 3. The van der Waals surface area contributed by atoms with Crippen LogP contribution in [-0.4, -0.2) is 62.1 Å². The summed E-state index contributed by atoms with van der Waals surface area (Å²) in [5.74, 6) is 3.94. The van der Waals surface area contributed by atoms with Crippen LogP contribution in [-0.2, 0) is 23.9 Å². The smallest absolute Gasteiger partial charge is 0.475 e.